The number of hydrogen-bond donors (Lipinski definition) is 2. The highest BCUT2D eigenvalue weighted by molar-refractivity contribution is 7.89. The average Bonchev–Trinajstić information content (AvgIpc) is 2.35. The van der Waals surface area contributed by atoms with Crippen LogP contribution in [0.2, 0.25) is 0 Å². The minimum Gasteiger partial charge on any atom is -0.481 e. The van der Waals surface area contributed by atoms with Gasteiger partial charge in [-0.05, 0) is 12.8 Å². The van der Waals surface area contributed by atoms with Crippen LogP contribution < -0.4 is 5.32 Å². The van der Waals surface area contributed by atoms with Crippen molar-refractivity contribution in [3.05, 3.63) is 0 Å². The Kier molecular flexibility index (Phi) is 5.09. The fourth-order valence-electron chi connectivity index (χ4n) is 1.96. The largest absolute Gasteiger partial charge is 0.481 e. The minimum atomic E-state index is -3.58. The maximum atomic E-state index is 11.9. The molecule has 104 valence electrons. The van der Waals surface area contributed by atoms with E-state index < -0.39 is 28.2 Å². The lowest BCUT2D eigenvalue weighted by molar-refractivity contribution is -0.136. The summed E-state index contributed by atoms with van der Waals surface area (Å²) in [7, 11) is -2.07. The van der Waals surface area contributed by atoms with Crippen molar-refractivity contribution in [1.82, 2.24) is 9.62 Å². The monoisotopic (exact) mass is 278 g/mol. The number of carbonyl (C=O) groups excluding carboxylic acids is 1. The molecule has 0 saturated carbocycles. The van der Waals surface area contributed by atoms with Gasteiger partial charge in [-0.3, -0.25) is 9.59 Å². The van der Waals surface area contributed by atoms with E-state index in [4.69, 9.17) is 5.11 Å². The van der Waals surface area contributed by atoms with Crippen molar-refractivity contribution in [2.45, 2.75) is 19.3 Å². The van der Waals surface area contributed by atoms with E-state index in [1.807, 2.05) is 0 Å². The Labute approximate surface area is 106 Å². The van der Waals surface area contributed by atoms with Gasteiger partial charge in [-0.25, -0.2) is 12.7 Å². The van der Waals surface area contributed by atoms with E-state index in [9.17, 15) is 18.0 Å². The Morgan fingerprint density at radius 1 is 1.44 bits per heavy atom. The van der Waals surface area contributed by atoms with Gasteiger partial charge in [0.1, 0.15) is 0 Å². The zero-order valence-corrected chi connectivity index (χ0v) is 11.1. The number of sulfonamides is 1. The molecule has 0 aromatic carbocycles. The molecule has 1 rings (SSSR count). The maximum Gasteiger partial charge on any atom is 0.304 e. The molecule has 1 heterocycles. The van der Waals surface area contributed by atoms with E-state index in [0.29, 0.717) is 19.4 Å². The van der Waals surface area contributed by atoms with Crippen LogP contribution in [0.1, 0.15) is 19.3 Å². The first-order chi connectivity index (χ1) is 8.36. The van der Waals surface area contributed by atoms with E-state index in [0.717, 1.165) is 0 Å². The number of amides is 1. The molecule has 1 saturated heterocycles. The molecule has 1 atom stereocenters. The molecular weight excluding hydrogens is 260 g/mol. The van der Waals surface area contributed by atoms with Crippen molar-refractivity contribution >= 4 is 21.9 Å². The van der Waals surface area contributed by atoms with Crippen LogP contribution in [0.25, 0.3) is 0 Å². The number of hydrogen-bond acceptors (Lipinski definition) is 4. The molecule has 1 fully saturated rings. The number of carboxylic acids is 1. The van der Waals surface area contributed by atoms with Crippen molar-refractivity contribution in [3.8, 4) is 0 Å². The summed E-state index contributed by atoms with van der Waals surface area (Å²) in [6.07, 6.45) is 0.860. The van der Waals surface area contributed by atoms with Crippen molar-refractivity contribution in [3.63, 3.8) is 0 Å². The third-order valence-electron chi connectivity index (χ3n) is 2.97. The molecule has 18 heavy (non-hydrogen) atoms. The third-order valence-corrected chi connectivity index (χ3v) is 4.81. The van der Waals surface area contributed by atoms with Crippen LogP contribution >= 0.6 is 0 Å². The lowest BCUT2D eigenvalue weighted by Gasteiger charge is -2.30. The molecule has 8 heteroatoms. The quantitative estimate of drug-likeness (QED) is 0.688. The van der Waals surface area contributed by atoms with E-state index in [1.165, 1.54) is 11.4 Å². The van der Waals surface area contributed by atoms with Crippen LogP contribution in [-0.2, 0) is 19.6 Å². The second kappa shape index (κ2) is 6.14. The zero-order valence-electron chi connectivity index (χ0n) is 10.3. The smallest absolute Gasteiger partial charge is 0.304 e. The van der Waals surface area contributed by atoms with Crippen LogP contribution in [0, 0.1) is 5.92 Å². The highest BCUT2D eigenvalue weighted by Gasteiger charge is 2.31. The fraction of sp³-hybridized carbons (Fsp3) is 0.800. The summed E-state index contributed by atoms with van der Waals surface area (Å²) in [5.74, 6) is -2.07. The molecule has 7 nitrogen and oxygen atoms in total. The third kappa shape index (κ3) is 3.95. The molecule has 2 N–H and O–H groups in total. The molecule has 0 radical (unpaired) electrons. The molecule has 1 amide bonds. The minimum absolute atomic E-state index is 0.141. The van der Waals surface area contributed by atoms with Gasteiger partial charge in [0, 0.05) is 20.1 Å². The number of nitrogens with one attached hydrogen (secondary N) is 1. The van der Waals surface area contributed by atoms with Gasteiger partial charge in [-0.15, -0.1) is 0 Å². The van der Waals surface area contributed by atoms with Crippen molar-refractivity contribution in [2.24, 2.45) is 5.92 Å². The van der Waals surface area contributed by atoms with Gasteiger partial charge in [-0.2, -0.15) is 0 Å². The van der Waals surface area contributed by atoms with E-state index in [2.05, 4.69) is 5.32 Å². The van der Waals surface area contributed by atoms with Gasteiger partial charge in [0.2, 0.25) is 15.9 Å². The predicted octanol–water partition coefficient (Wildman–Crippen LogP) is -0.751. The molecule has 0 aliphatic carbocycles. The summed E-state index contributed by atoms with van der Waals surface area (Å²) in [5, 5.41) is 11.0. The molecule has 1 aliphatic rings. The molecule has 0 bridgehead atoms. The SMILES string of the molecule is CNC(=O)C1CCCN(S(=O)(=O)CCC(=O)O)C1. The van der Waals surface area contributed by atoms with Crippen molar-refractivity contribution in [2.75, 3.05) is 25.9 Å². The molecule has 0 spiro atoms. The summed E-state index contributed by atoms with van der Waals surface area (Å²) in [5.41, 5.74) is 0. The summed E-state index contributed by atoms with van der Waals surface area (Å²) in [4.78, 5) is 21.9. The number of rotatable bonds is 5. The number of piperidine rings is 1. The molecule has 1 aliphatic heterocycles. The van der Waals surface area contributed by atoms with Crippen molar-refractivity contribution in [1.29, 1.82) is 0 Å². The number of nitrogens with zero attached hydrogens (tertiary/aromatic N) is 1. The van der Waals surface area contributed by atoms with Crippen LogP contribution in [0.3, 0.4) is 0 Å². The second-order valence-electron chi connectivity index (χ2n) is 4.27. The molecule has 0 aromatic rings. The molecule has 1 unspecified atom stereocenters. The Bertz CT molecular complexity index is 420. The lowest BCUT2D eigenvalue weighted by atomic mass is 9.99. The highest BCUT2D eigenvalue weighted by Crippen LogP contribution is 2.19. The summed E-state index contributed by atoms with van der Waals surface area (Å²) < 4.78 is 25.0. The van der Waals surface area contributed by atoms with Gasteiger partial charge in [0.05, 0.1) is 18.1 Å². The van der Waals surface area contributed by atoms with Crippen LogP contribution in [0.5, 0.6) is 0 Å². The van der Waals surface area contributed by atoms with E-state index in [-0.39, 0.29) is 18.4 Å². The first-order valence-corrected chi connectivity index (χ1v) is 7.39. The van der Waals surface area contributed by atoms with Gasteiger partial charge < -0.3 is 10.4 Å². The lowest BCUT2D eigenvalue weighted by Crippen LogP contribution is -2.45. The van der Waals surface area contributed by atoms with Crippen LogP contribution in [0.4, 0.5) is 0 Å². The van der Waals surface area contributed by atoms with Gasteiger partial charge >= 0.3 is 5.97 Å². The summed E-state index contributed by atoms with van der Waals surface area (Å²) >= 11 is 0. The summed E-state index contributed by atoms with van der Waals surface area (Å²) in [6.45, 7) is 0.497. The first kappa shape index (κ1) is 14.9. The van der Waals surface area contributed by atoms with E-state index >= 15 is 0 Å². The zero-order chi connectivity index (χ0) is 13.8. The maximum absolute atomic E-state index is 11.9. The normalized spacial score (nSPS) is 21.5. The Hall–Kier alpha value is -1.15. The van der Waals surface area contributed by atoms with E-state index in [1.54, 1.807) is 0 Å². The Balaban J connectivity index is 2.65. The van der Waals surface area contributed by atoms with Crippen LogP contribution in [0.15, 0.2) is 0 Å². The number of carbonyl (C=O) groups is 2. The number of carboxylic acid groups (broad SMARTS) is 1. The predicted molar refractivity (Wildman–Crippen MR) is 64.4 cm³/mol. The standard InChI is InChI=1S/C10H18N2O5S/c1-11-10(15)8-3-2-5-12(7-8)18(16,17)6-4-9(13)14/h8H,2-7H2,1H3,(H,11,15)(H,13,14). The Morgan fingerprint density at radius 3 is 2.67 bits per heavy atom. The van der Waals surface area contributed by atoms with Crippen LogP contribution in [-0.4, -0.2) is 55.6 Å². The molecule has 0 aromatic heterocycles. The van der Waals surface area contributed by atoms with Gasteiger partial charge in [0.15, 0.2) is 0 Å². The average molecular weight is 278 g/mol. The highest BCUT2D eigenvalue weighted by atomic mass is 32.2. The molecular formula is C10H18N2O5S. The first-order valence-electron chi connectivity index (χ1n) is 5.78. The number of aliphatic carboxylic acids is 1. The van der Waals surface area contributed by atoms with Gasteiger partial charge in [-0.1, -0.05) is 0 Å². The van der Waals surface area contributed by atoms with Crippen molar-refractivity contribution < 1.29 is 23.1 Å². The Morgan fingerprint density at radius 2 is 2.11 bits per heavy atom. The summed E-state index contributed by atoms with van der Waals surface area (Å²) in [6, 6.07) is 0. The topological polar surface area (TPSA) is 104 Å². The fourth-order valence-corrected chi connectivity index (χ4v) is 3.46. The second-order valence-corrected chi connectivity index (χ2v) is 6.36. The van der Waals surface area contributed by atoms with Gasteiger partial charge in [0.25, 0.3) is 0 Å².